The number of aromatic nitrogens is 3. The van der Waals surface area contributed by atoms with Gasteiger partial charge in [0.05, 0.1) is 16.5 Å². The number of carbonyl (C=O) groups is 1. The van der Waals surface area contributed by atoms with Gasteiger partial charge in [0.2, 0.25) is 5.95 Å². The van der Waals surface area contributed by atoms with Gasteiger partial charge in [-0.2, -0.15) is 0 Å². The van der Waals surface area contributed by atoms with Crippen LogP contribution in [0.1, 0.15) is 34.2 Å². The number of nitrogens with zero attached hydrogens (tertiary/aromatic N) is 3. The molecule has 0 saturated carbocycles. The highest BCUT2D eigenvalue weighted by Crippen LogP contribution is 2.23. The summed E-state index contributed by atoms with van der Waals surface area (Å²) in [5, 5.41) is 0.544. The van der Waals surface area contributed by atoms with Gasteiger partial charge in [0.1, 0.15) is 0 Å². The molecule has 0 fully saturated rings. The molecule has 2 aromatic heterocycles. The molecule has 31 heavy (non-hydrogen) atoms. The van der Waals surface area contributed by atoms with Crippen molar-refractivity contribution in [3.05, 3.63) is 87.5 Å². The van der Waals surface area contributed by atoms with Gasteiger partial charge in [-0.3, -0.25) is 25.0 Å². The van der Waals surface area contributed by atoms with E-state index in [1.807, 2.05) is 70.2 Å². The molecule has 158 valence electrons. The number of aryl methyl sites for hydroxylation is 2. The molecule has 2 aromatic carbocycles. The van der Waals surface area contributed by atoms with Crippen LogP contribution in [0.4, 0.5) is 5.95 Å². The monoisotopic (exact) mass is 415 g/mol. The minimum Gasteiger partial charge on any atom is -0.317 e. The van der Waals surface area contributed by atoms with E-state index in [-0.39, 0.29) is 11.5 Å². The van der Waals surface area contributed by atoms with Crippen LogP contribution in [0.2, 0.25) is 0 Å². The fraction of sp³-hybridized carbons (Fsp3) is 0.208. The zero-order valence-electron chi connectivity index (χ0n) is 18.1. The molecule has 7 heteroatoms. The molecule has 0 bridgehead atoms. The van der Waals surface area contributed by atoms with Crippen molar-refractivity contribution in [3.8, 4) is 5.69 Å². The zero-order valence-corrected chi connectivity index (χ0v) is 18.1. The summed E-state index contributed by atoms with van der Waals surface area (Å²) in [5.41, 5.74) is 10.5. The molecule has 2 N–H and O–H groups in total. The number of amides is 1. The number of hydrazine groups is 1. The van der Waals surface area contributed by atoms with Gasteiger partial charge in [0.15, 0.2) is 0 Å². The molecule has 1 amide bonds. The quantitative estimate of drug-likeness (QED) is 0.485. The average Bonchev–Trinajstić information content (AvgIpc) is 3.06. The third-order valence-corrected chi connectivity index (χ3v) is 5.50. The number of fused-ring (bicyclic) bond motifs is 1. The summed E-state index contributed by atoms with van der Waals surface area (Å²) in [6.45, 7) is 8.23. The Balaban J connectivity index is 1.64. The van der Waals surface area contributed by atoms with Gasteiger partial charge in [-0.25, -0.2) is 4.98 Å². The minimum atomic E-state index is -0.294. The second-order valence-corrected chi connectivity index (χ2v) is 7.49. The van der Waals surface area contributed by atoms with Gasteiger partial charge >= 0.3 is 0 Å². The molecule has 0 saturated heterocycles. The molecule has 0 unspecified atom stereocenters. The Labute approximate surface area is 180 Å². The van der Waals surface area contributed by atoms with Crippen molar-refractivity contribution in [2.24, 2.45) is 0 Å². The van der Waals surface area contributed by atoms with Crippen LogP contribution in [-0.2, 0) is 6.54 Å². The summed E-state index contributed by atoms with van der Waals surface area (Å²) in [7, 11) is 0. The maximum absolute atomic E-state index is 13.0. The molecular weight excluding hydrogens is 390 g/mol. The molecule has 4 aromatic rings. The van der Waals surface area contributed by atoms with E-state index in [1.54, 1.807) is 12.1 Å². The SMILES string of the molecule is CCn1c(NNC(=O)c2cc(C)n(-c3ccccc3C)c2C)nc2ccccc2c1=O. The van der Waals surface area contributed by atoms with E-state index < -0.39 is 0 Å². The number of benzene rings is 2. The molecule has 0 spiro atoms. The lowest BCUT2D eigenvalue weighted by Gasteiger charge is -2.15. The largest absolute Gasteiger partial charge is 0.317 e. The minimum absolute atomic E-state index is 0.150. The van der Waals surface area contributed by atoms with Crippen LogP contribution in [0.5, 0.6) is 0 Å². The Kier molecular flexibility index (Phi) is 5.33. The standard InChI is InChI=1S/C24H25N5O2/c1-5-28-23(31)18-11-7-8-12-20(18)25-24(28)27-26-22(30)19-14-16(3)29(17(19)4)21-13-9-6-10-15(21)2/h6-14H,5H2,1-4H3,(H,25,27)(H,26,30). The van der Waals surface area contributed by atoms with E-state index in [0.717, 1.165) is 22.6 Å². The summed E-state index contributed by atoms with van der Waals surface area (Å²) >= 11 is 0. The first kappa shape index (κ1) is 20.4. The molecule has 4 rings (SSSR count). The zero-order chi connectivity index (χ0) is 22.1. The van der Waals surface area contributed by atoms with Crippen LogP contribution in [0, 0.1) is 20.8 Å². The molecule has 0 atom stereocenters. The van der Waals surface area contributed by atoms with E-state index in [9.17, 15) is 9.59 Å². The van der Waals surface area contributed by atoms with Gasteiger partial charge < -0.3 is 4.57 Å². The first-order valence-corrected chi connectivity index (χ1v) is 10.2. The summed E-state index contributed by atoms with van der Waals surface area (Å²) in [4.78, 5) is 30.2. The van der Waals surface area contributed by atoms with Gasteiger partial charge in [-0.15, -0.1) is 0 Å². The second kappa shape index (κ2) is 8.10. The maximum Gasteiger partial charge on any atom is 0.271 e. The summed E-state index contributed by atoms with van der Waals surface area (Å²) in [5.74, 6) is 0.00487. The second-order valence-electron chi connectivity index (χ2n) is 7.49. The third-order valence-electron chi connectivity index (χ3n) is 5.50. The molecule has 0 radical (unpaired) electrons. The highest BCUT2D eigenvalue weighted by molar-refractivity contribution is 5.96. The van der Waals surface area contributed by atoms with E-state index in [2.05, 4.69) is 20.4 Å². The molecule has 0 aliphatic rings. The maximum atomic E-state index is 13.0. The smallest absolute Gasteiger partial charge is 0.271 e. The predicted molar refractivity (Wildman–Crippen MR) is 123 cm³/mol. The number of hydrogen-bond acceptors (Lipinski definition) is 4. The Morgan fingerprint density at radius 1 is 1.03 bits per heavy atom. The normalized spacial score (nSPS) is 11.0. The van der Waals surface area contributed by atoms with Crippen LogP contribution < -0.4 is 16.4 Å². The van der Waals surface area contributed by atoms with Crippen molar-refractivity contribution in [3.63, 3.8) is 0 Å². The van der Waals surface area contributed by atoms with Crippen LogP contribution in [-0.4, -0.2) is 20.0 Å². The lowest BCUT2D eigenvalue weighted by Crippen LogP contribution is -2.34. The number of hydrogen-bond donors (Lipinski definition) is 2. The molecule has 0 aliphatic heterocycles. The fourth-order valence-electron chi connectivity index (χ4n) is 3.91. The van der Waals surface area contributed by atoms with E-state index in [1.165, 1.54) is 4.57 Å². The average molecular weight is 415 g/mol. The topological polar surface area (TPSA) is 81.0 Å². The van der Waals surface area contributed by atoms with Crippen LogP contribution in [0.15, 0.2) is 59.4 Å². The first-order chi connectivity index (χ1) is 14.9. The van der Waals surface area contributed by atoms with Gasteiger partial charge in [0, 0.05) is 23.6 Å². The Morgan fingerprint density at radius 2 is 1.74 bits per heavy atom. The van der Waals surface area contributed by atoms with Crippen molar-refractivity contribution >= 4 is 22.8 Å². The van der Waals surface area contributed by atoms with Crippen molar-refractivity contribution in [2.45, 2.75) is 34.2 Å². The molecule has 0 aliphatic carbocycles. The molecule has 2 heterocycles. The number of carbonyl (C=O) groups excluding carboxylic acids is 1. The van der Waals surface area contributed by atoms with Gasteiger partial charge in [-0.05, 0) is 57.5 Å². The van der Waals surface area contributed by atoms with Gasteiger partial charge in [-0.1, -0.05) is 30.3 Å². The van der Waals surface area contributed by atoms with Crippen LogP contribution >= 0.6 is 0 Å². The molecule has 7 nitrogen and oxygen atoms in total. The van der Waals surface area contributed by atoms with E-state index in [0.29, 0.717) is 29.0 Å². The van der Waals surface area contributed by atoms with E-state index in [4.69, 9.17) is 0 Å². The number of anilines is 1. The fourth-order valence-corrected chi connectivity index (χ4v) is 3.91. The third kappa shape index (κ3) is 3.59. The number of rotatable bonds is 5. The van der Waals surface area contributed by atoms with Gasteiger partial charge in [0.25, 0.3) is 11.5 Å². The number of para-hydroxylation sites is 2. The summed E-state index contributed by atoms with van der Waals surface area (Å²) < 4.78 is 3.57. The lowest BCUT2D eigenvalue weighted by molar-refractivity contribution is 0.0961. The molecular formula is C24H25N5O2. The van der Waals surface area contributed by atoms with Crippen molar-refractivity contribution < 1.29 is 4.79 Å². The summed E-state index contributed by atoms with van der Waals surface area (Å²) in [6, 6.07) is 17.1. The van der Waals surface area contributed by atoms with E-state index >= 15 is 0 Å². The highest BCUT2D eigenvalue weighted by atomic mass is 16.2. The lowest BCUT2D eigenvalue weighted by atomic mass is 10.2. The van der Waals surface area contributed by atoms with Crippen LogP contribution in [0.3, 0.4) is 0 Å². The van der Waals surface area contributed by atoms with Crippen molar-refractivity contribution in [1.29, 1.82) is 0 Å². The van der Waals surface area contributed by atoms with Crippen molar-refractivity contribution in [2.75, 3.05) is 5.43 Å². The first-order valence-electron chi connectivity index (χ1n) is 10.2. The Bertz CT molecular complexity index is 1350. The van der Waals surface area contributed by atoms with Crippen LogP contribution in [0.25, 0.3) is 16.6 Å². The van der Waals surface area contributed by atoms with Crippen molar-refractivity contribution in [1.82, 2.24) is 19.5 Å². The summed E-state index contributed by atoms with van der Waals surface area (Å²) in [6.07, 6.45) is 0. The Hall–Kier alpha value is -3.87. The Morgan fingerprint density at radius 3 is 2.48 bits per heavy atom. The number of nitrogens with one attached hydrogen (secondary N) is 2. The highest BCUT2D eigenvalue weighted by Gasteiger charge is 2.18. The predicted octanol–water partition coefficient (Wildman–Crippen LogP) is 3.89.